The highest BCUT2D eigenvalue weighted by atomic mass is 32.2. The van der Waals surface area contributed by atoms with Gasteiger partial charge >= 0.3 is 0 Å². The lowest BCUT2D eigenvalue weighted by Crippen LogP contribution is -2.22. The Balaban J connectivity index is 1.49. The van der Waals surface area contributed by atoms with Gasteiger partial charge in [0.25, 0.3) is 10.1 Å². The molecule has 2 aromatic carbocycles. The summed E-state index contributed by atoms with van der Waals surface area (Å²) in [6, 6.07) is 16.9. The maximum atomic E-state index is 11.3. The van der Waals surface area contributed by atoms with E-state index in [2.05, 4.69) is 80.3 Å². The molecule has 0 saturated carbocycles. The molecule has 0 fully saturated rings. The minimum absolute atomic E-state index is 0.141. The number of benzene rings is 2. The Labute approximate surface area is 228 Å². The summed E-state index contributed by atoms with van der Waals surface area (Å²) in [6.07, 6.45) is 10.4. The van der Waals surface area contributed by atoms with Crippen molar-refractivity contribution in [3.63, 3.8) is 0 Å². The molecule has 5 rings (SSSR count). The van der Waals surface area contributed by atoms with Gasteiger partial charge in [-0.15, -0.1) is 11.3 Å². The minimum atomic E-state index is -3.98. The first kappa shape index (κ1) is 26.3. The number of para-hydroxylation sites is 1. The average molecular weight is 552 g/mol. The molecule has 0 radical (unpaired) electrons. The number of fused-ring (bicyclic) bond motifs is 2. The van der Waals surface area contributed by atoms with E-state index in [1.54, 1.807) is 11.8 Å². The van der Waals surface area contributed by atoms with Crippen LogP contribution >= 0.6 is 23.1 Å². The van der Waals surface area contributed by atoms with Crippen LogP contribution in [0.5, 0.6) is 0 Å². The van der Waals surface area contributed by atoms with E-state index in [1.807, 2.05) is 23.5 Å². The SMILES string of the molecule is CCc1c(C=C2C=C(/C=C3\Sc4ccccc4N3CCCS(=O)(=O)O)CC(C)(C)C2)sc2ccccc12. The maximum absolute atomic E-state index is 11.3. The van der Waals surface area contributed by atoms with Crippen LogP contribution < -0.4 is 4.90 Å². The fourth-order valence-electron chi connectivity index (χ4n) is 5.42. The zero-order valence-electron chi connectivity index (χ0n) is 21.5. The zero-order chi connectivity index (χ0) is 26.2. The zero-order valence-corrected chi connectivity index (χ0v) is 24.0. The predicted molar refractivity (Wildman–Crippen MR) is 159 cm³/mol. The summed E-state index contributed by atoms with van der Waals surface area (Å²) in [6.45, 7) is 7.44. The molecule has 7 heteroatoms. The molecule has 1 aliphatic heterocycles. The van der Waals surface area contributed by atoms with Crippen LogP contribution in [0.15, 0.2) is 81.8 Å². The van der Waals surface area contributed by atoms with E-state index < -0.39 is 10.1 Å². The molecule has 0 atom stereocenters. The fraction of sp³-hybridized carbons (Fsp3) is 0.333. The second-order valence-corrected chi connectivity index (χ2v) is 14.3. The number of aryl methyl sites for hydroxylation is 1. The lowest BCUT2D eigenvalue weighted by Gasteiger charge is -2.31. The summed E-state index contributed by atoms with van der Waals surface area (Å²) < 4.78 is 33.2. The molecule has 2 aliphatic rings. The molecule has 1 aromatic heterocycles. The molecule has 2 heterocycles. The van der Waals surface area contributed by atoms with E-state index in [4.69, 9.17) is 0 Å². The van der Waals surface area contributed by atoms with Crippen LogP contribution in [-0.2, 0) is 16.5 Å². The Morgan fingerprint density at radius 2 is 1.81 bits per heavy atom. The van der Waals surface area contributed by atoms with Crippen LogP contribution in [0.4, 0.5) is 5.69 Å². The van der Waals surface area contributed by atoms with E-state index in [-0.39, 0.29) is 11.2 Å². The van der Waals surface area contributed by atoms with E-state index >= 15 is 0 Å². The van der Waals surface area contributed by atoms with Gasteiger partial charge in [-0.25, -0.2) is 0 Å². The molecule has 1 aliphatic carbocycles. The third-order valence-electron chi connectivity index (χ3n) is 6.87. The van der Waals surface area contributed by atoms with Crippen LogP contribution in [0.1, 0.15) is 50.5 Å². The molecule has 194 valence electrons. The highest BCUT2D eigenvalue weighted by Crippen LogP contribution is 2.48. The third-order valence-corrected chi connectivity index (χ3v) is 9.94. The van der Waals surface area contributed by atoms with Gasteiger partial charge in [0.1, 0.15) is 0 Å². The monoisotopic (exact) mass is 551 g/mol. The van der Waals surface area contributed by atoms with Crippen LogP contribution in [0.2, 0.25) is 0 Å². The van der Waals surface area contributed by atoms with Crippen LogP contribution in [-0.4, -0.2) is 25.3 Å². The van der Waals surface area contributed by atoms with Crippen LogP contribution in [0.3, 0.4) is 0 Å². The lowest BCUT2D eigenvalue weighted by atomic mass is 9.75. The third kappa shape index (κ3) is 6.06. The molecule has 3 aromatic rings. The smallest absolute Gasteiger partial charge is 0.264 e. The fourth-order valence-corrected chi connectivity index (χ4v) is 8.35. The number of anilines is 1. The molecular formula is C30H33NO3S3. The van der Waals surface area contributed by atoms with Crippen molar-refractivity contribution < 1.29 is 13.0 Å². The van der Waals surface area contributed by atoms with Gasteiger partial charge < -0.3 is 4.90 Å². The van der Waals surface area contributed by atoms with Crippen molar-refractivity contribution in [2.24, 2.45) is 5.41 Å². The Morgan fingerprint density at radius 3 is 2.59 bits per heavy atom. The van der Waals surface area contributed by atoms with E-state index in [0.29, 0.717) is 13.0 Å². The number of allylic oxidation sites excluding steroid dienone is 4. The number of thioether (sulfide) groups is 1. The second-order valence-electron chi connectivity index (χ2n) is 10.6. The van der Waals surface area contributed by atoms with Crippen molar-refractivity contribution in [1.82, 2.24) is 0 Å². The molecule has 4 nitrogen and oxygen atoms in total. The van der Waals surface area contributed by atoms with Crippen LogP contribution in [0.25, 0.3) is 16.2 Å². The summed E-state index contributed by atoms with van der Waals surface area (Å²) in [4.78, 5) is 4.72. The van der Waals surface area contributed by atoms with E-state index in [9.17, 15) is 13.0 Å². The second kappa shape index (κ2) is 10.4. The minimum Gasteiger partial charge on any atom is -0.335 e. The number of nitrogens with zero attached hydrogens (tertiary/aromatic N) is 1. The standard InChI is InChI=1S/C30H33NO3S3/c1-4-23-24-10-5-7-12-26(24)35-28(23)17-21-16-22(20-30(2,3)19-21)18-29-31(14-9-15-37(32,33)34)25-11-6-8-13-27(25)36-29/h5-8,10-13,16-18H,4,9,14-15,19-20H2,1-3H3,(H,32,33,34)/b21-17?,29-18-. The maximum Gasteiger partial charge on any atom is 0.264 e. The summed E-state index contributed by atoms with van der Waals surface area (Å²) in [5, 5.41) is 2.47. The van der Waals surface area contributed by atoms with Gasteiger partial charge in [0.2, 0.25) is 0 Å². The van der Waals surface area contributed by atoms with Gasteiger partial charge in [-0.1, -0.05) is 68.9 Å². The van der Waals surface area contributed by atoms with Gasteiger partial charge in [0.15, 0.2) is 0 Å². The number of hydrogen-bond donors (Lipinski definition) is 1. The molecule has 0 spiro atoms. The normalized spacial score (nSPS) is 19.6. The predicted octanol–water partition coefficient (Wildman–Crippen LogP) is 8.33. The highest BCUT2D eigenvalue weighted by Gasteiger charge is 2.29. The lowest BCUT2D eigenvalue weighted by molar-refractivity contribution is 0.356. The van der Waals surface area contributed by atoms with Crippen molar-refractivity contribution in [3.05, 3.63) is 87.3 Å². The topological polar surface area (TPSA) is 57.6 Å². The van der Waals surface area contributed by atoms with E-state index in [1.165, 1.54) is 36.6 Å². The van der Waals surface area contributed by atoms with Gasteiger partial charge in [-0.2, -0.15) is 8.42 Å². The van der Waals surface area contributed by atoms with Crippen molar-refractivity contribution in [1.29, 1.82) is 0 Å². The first-order valence-electron chi connectivity index (χ1n) is 12.7. The van der Waals surface area contributed by atoms with Crippen molar-refractivity contribution in [2.75, 3.05) is 17.2 Å². The summed E-state index contributed by atoms with van der Waals surface area (Å²) in [5.74, 6) is -0.235. The Kier molecular flexibility index (Phi) is 7.42. The molecule has 0 unspecified atom stereocenters. The molecule has 0 amide bonds. The highest BCUT2D eigenvalue weighted by molar-refractivity contribution is 8.03. The summed E-state index contributed by atoms with van der Waals surface area (Å²) >= 11 is 3.60. The quantitative estimate of drug-likeness (QED) is 0.299. The van der Waals surface area contributed by atoms with Crippen molar-refractivity contribution >= 4 is 55.1 Å². The molecule has 1 N–H and O–H groups in total. The van der Waals surface area contributed by atoms with Crippen molar-refractivity contribution in [3.8, 4) is 0 Å². The van der Waals surface area contributed by atoms with Crippen LogP contribution in [0, 0.1) is 5.41 Å². The average Bonchev–Trinajstić information content (AvgIpc) is 3.34. The summed E-state index contributed by atoms with van der Waals surface area (Å²) in [5.41, 5.74) is 5.30. The Hall–Kier alpha value is -2.32. The number of hydrogen-bond acceptors (Lipinski definition) is 5. The van der Waals surface area contributed by atoms with Gasteiger partial charge in [-0.05, 0) is 83.5 Å². The first-order chi connectivity index (χ1) is 17.6. The largest absolute Gasteiger partial charge is 0.335 e. The molecular weight excluding hydrogens is 519 g/mol. The van der Waals surface area contributed by atoms with Gasteiger partial charge in [0.05, 0.1) is 16.5 Å². The summed E-state index contributed by atoms with van der Waals surface area (Å²) in [7, 11) is -3.98. The van der Waals surface area contributed by atoms with Gasteiger partial charge in [-0.3, -0.25) is 4.55 Å². The van der Waals surface area contributed by atoms with Crippen molar-refractivity contribution in [2.45, 2.75) is 51.3 Å². The number of thiophene rings is 1. The Morgan fingerprint density at radius 1 is 1.05 bits per heavy atom. The van der Waals surface area contributed by atoms with E-state index in [0.717, 1.165) is 30.0 Å². The molecule has 37 heavy (non-hydrogen) atoms. The molecule has 0 bridgehead atoms. The number of rotatable bonds is 7. The first-order valence-corrected chi connectivity index (χ1v) is 16.0. The van der Waals surface area contributed by atoms with Gasteiger partial charge in [0, 0.05) is 21.0 Å². The molecule has 0 saturated heterocycles. The Bertz CT molecular complexity index is 1530.